The van der Waals surface area contributed by atoms with Gasteiger partial charge in [-0.15, -0.1) is 0 Å². The van der Waals surface area contributed by atoms with E-state index in [0.29, 0.717) is 24.3 Å². The molecule has 1 heterocycles. The molecule has 1 aliphatic heterocycles. The molecular formula is C19H23NO4. The van der Waals surface area contributed by atoms with E-state index < -0.39 is 0 Å². The molecule has 1 saturated carbocycles. The first kappa shape index (κ1) is 15.5. The number of methoxy groups -OCH3 is 1. The largest absolute Gasteiger partial charge is 0.454 e. The summed E-state index contributed by atoms with van der Waals surface area (Å²) in [6.45, 7) is 1.77. The van der Waals surface area contributed by atoms with Gasteiger partial charge in [-0.1, -0.05) is 18.2 Å². The van der Waals surface area contributed by atoms with Gasteiger partial charge in [-0.05, 0) is 48.3 Å². The minimum absolute atomic E-state index is 0.0434. The zero-order valence-electron chi connectivity index (χ0n) is 13.9. The minimum Gasteiger partial charge on any atom is -0.454 e. The van der Waals surface area contributed by atoms with Crippen LogP contribution in [0.4, 0.5) is 0 Å². The monoisotopic (exact) mass is 329 g/mol. The summed E-state index contributed by atoms with van der Waals surface area (Å²) < 4.78 is 15.9. The normalized spacial score (nSPS) is 26.1. The van der Waals surface area contributed by atoms with Crippen LogP contribution in [0.15, 0.2) is 30.4 Å². The summed E-state index contributed by atoms with van der Waals surface area (Å²) in [5, 5.41) is 0. The van der Waals surface area contributed by atoms with Gasteiger partial charge in [-0.2, -0.15) is 0 Å². The van der Waals surface area contributed by atoms with E-state index in [4.69, 9.17) is 14.2 Å². The Balaban J connectivity index is 1.47. The second kappa shape index (κ2) is 6.48. The molecule has 1 aromatic carbocycles. The number of carbonyl (C=O) groups is 1. The van der Waals surface area contributed by atoms with Crippen LogP contribution in [0.5, 0.6) is 11.5 Å². The van der Waals surface area contributed by atoms with Crippen molar-refractivity contribution < 1.29 is 19.0 Å². The molecule has 0 unspecified atom stereocenters. The van der Waals surface area contributed by atoms with Crippen LogP contribution in [0, 0.1) is 17.8 Å². The number of hydrogen-bond donors (Lipinski definition) is 0. The highest BCUT2D eigenvalue weighted by molar-refractivity contribution is 5.77. The van der Waals surface area contributed by atoms with Gasteiger partial charge in [0, 0.05) is 20.2 Å². The van der Waals surface area contributed by atoms with Crippen LogP contribution in [-0.4, -0.2) is 37.9 Å². The highest BCUT2D eigenvalue weighted by Gasteiger charge is 2.37. The number of rotatable bonds is 6. The zero-order chi connectivity index (χ0) is 16.5. The average molecular weight is 329 g/mol. The molecule has 0 spiro atoms. The molecule has 24 heavy (non-hydrogen) atoms. The third-order valence-electron chi connectivity index (χ3n) is 5.30. The van der Waals surface area contributed by atoms with Gasteiger partial charge < -0.3 is 19.1 Å². The standard InChI is InChI=1S/C19H23NO4/c1-22-11-19(21)20(10-16-7-13-2-4-15(16)6-13)9-14-3-5-17-18(8-14)24-12-23-17/h2-5,8,13,15-16H,6-7,9-12H2,1H3/t13-,15-,16+/m0/s1. The average Bonchev–Trinajstić information content (AvgIpc) is 3.30. The van der Waals surface area contributed by atoms with Crippen molar-refractivity contribution in [3.05, 3.63) is 35.9 Å². The van der Waals surface area contributed by atoms with Crippen molar-refractivity contribution in [2.45, 2.75) is 19.4 Å². The van der Waals surface area contributed by atoms with E-state index in [0.717, 1.165) is 23.6 Å². The maximum absolute atomic E-state index is 12.5. The lowest BCUT2D eigenvalue weighted by Crippen LogP contribution is -2.38. The molecule has 0 radical (unpaired) electrons. The van der Waals surface area contributed by atoms with E-state index in [1.165, 1.54) is 12.8 Å². The second-order valence-electron chi connectivity index (χ2n) is 6.94. The molecule has 1 aromatic rings. The summed E-state index contributed by atoms with van der Waals surface area (Å²) in [6.07, 6.45) is 7.11. The van der Waals surface area contributed by atoms with Gasteiger partial charge in [0.1, 0.15) is 6.61 Å². The fourth-order valence-electron chi connectivity index (χ4n) is 4.12. The molecule has 128 valence electrons. The maximum atomic E-state index is 12.5. The molecule has 1 fully saturated rings. The Morgan fingerprint density at radius 2 is 2.12 bits per heavy atom. The van der Waals surface area contributed by atoms with Gasteiger partial charge in [0.2, 0.25) is 12.7 Å². The SMILES string of the molecule is COCC(=O)N(Cc1ccc2c(c1)OCO2)C[C@H]1C[C@H]2C=C[C@H]1C2. The smallest absolute Gasteiger partial charge is 0.248 e. The van der Waals surface area contributed by atoms with Gasteiger partial charge in [0.05, 0.1) is 0 Å². The van der Waals surface area contributed by atoms with Crippen molar-refractivity contribution >= 4 is 5.91 Å². The number of allylic oxidation sites excluding steroid dienone is 2. The molecular weight excluding hydrogens is 306 g/mol. The molecule has 4 rings (SSSR count). The van der Waals surface area contributed by atoms with Crippen molar-refractivity contribution in [3.8, 4) is 11.5 Å². The summed E-state index contributed by atoms with van der Waals surface area (Å²) in [7, 11) is 1.57. The van der Waals surface area contributed by atoms with Crippen molar-refractivity contribution in [3.63, 3.8) is 0 Å². The lowest BCUT2D eigenvalue weighted by atomic mass is 9.93. The Bertz CT molecular complexity index is 657. The van der Waals surface area contributed by atoms with Gasteiger partial charge in [-0.3, -0.25) is 4.79 Å². The van der Waals surface area contributed by atoms with E-state index in [9.17, 15) is 4.79 Å². The lowest BCUT2D eigenvalue weighted by molar-refractivity contribution is -0.136. The molecule has 1 amide bonds. The summed E-state index contributed by atoms with van der Waals surface area (Å²) in [5.41, 5.74) is 1.06. The molecule has 2 bridgehead atoms. The Labute approximate surface area is 142 Å². The first-order valence-electron chi connectivity index (χ1n) is 8.56. The van der Waals surface area contributed by atoms with Crippen molar-refractivity contribution in [1.29, 1.82) is 0 Å². The molecule has 0 N–H and O–H groups in total. The third kappa shape index (κ3) is 3.00. The van der Waals surface area contributed by atoms with Crippen LogP contribution < -0.4 is 9.47 Å². The van der Waals surface area contributed by atoms with Crippen LogP contribution in [0.3, 0.4) is 0 Å². The fourth-order valence-corrected chi connectivity index (χ4v) is 4.12. The summed E-state index contributed by atoms with van der Waals surface area (Å²) in [5.74, 6) is 3.48. The molecule has 5 nitrogen and oxygen atoms in total. The number of fused-ring (bicyclic) bond motifs is 3. The summed E-state index contributed by atoms with van der Waals surface area (Å²) in [6, 6.07) is 5.88. The minimum atomic E-state index is 0.0434. The Hall–Kier alpha value is -2.01. The molecule has 2 aliphatic carbocycles. The Morgan fingerprint density at radius 3 is 2.88 bits per heavy atom. The predicted octanol–water partition coefficient (Wildman–Crippen LogP) is 2.60. The van der Waals surface area contributed by atoms with Crippen molar-refractivity contribution in [2.24, 2.45) is 17.8 Å². The maximum Gasteiger partial charge on any atom is 0.248 e. The Kier molecular flexibility index (Phi) is 4.19. The summed E-state index contributed by atoms with van der Waals surface area (Å²) in [4.78, 5) is 14.4. The van der Waals surface area contributed by atoms with E-state index >= 15 is 0 Å². The number of ether oxygens (including phenoxy) is 3. The van der Waals surface area contributed by atoms with Gasteiger partial charge in [0.25, 0.3) is 0 Å². The van der Waals surface area contributed by atoms with E-state index in [-0.39, 0.29) is 19.3 Å². The van der Waals surface area contributed by atoms with Crippen LogP contribution in [0.2, 0.25) is 0 Å². The predicted molar refractivity (Wildman–Crippen MR) is 88.7 cm³/mol. The number of amides is 1. The fraction of sp³-hybridized carbons (Fsp3) is 0.526. The van der Waals surface area contributed by atoms with E-state index in [1.54, 1.807) is 7.11 Å². The molecule has 3 atom stereocenters. The van der Waals surface area contributed by atoms with Gasteiger partial charge in [-0.25, -0.2) is 0 Å². The van der Waals surface area contributed by atoms with E-state index in [2.05, 4.69) is 12.2 Å². The quantitative estimate of drug-likeness (QED) is 0.753. The Morgan fingerprint density at radius 1 is 1.25 bits per heavy atom. The van der Waals surface area contributed by atoms with Crippen molar-refractivity contribution in [2.75, 3.05) is 27.1 Å². The van der Waals surface area contributed by atoms with E-state index in [1.807, 2.05) is 23.1 Å². The number of nitrogens with zero attached hydrogens (tertiary/aromatic N) is 1. The molecule has 0 aromatic heterocycles. The number of carbonyl (C=O) groups excluding carboxylic acids is 1. The summed E-state index contributed by atoms with van der Waals surface area (Å²) >= 11 is 0. The first-order chi connectivity index (χ1) is 11.7. The van der Waals surface area contributed by atoms with Crippen molar-refractivity contribution in [1.82, 2.24) is 4.90 Å². The van der Waals surface area contributed by atoms with Crippen LogP contribution in [0.1, 0.15) is 18.4 Å². The molecule has 5 heteroatoms. The number of benzene rings is 1. The van der Waals surface area contributed by atoms with Gasteiger partial charge in [0.15, 0.2) is 11.5 Å². The number of hydrogen-bond acceptors (Lipinski definition) is 4. The van der Waals surface area contributed by atoms with Gasteiger partial charge >= 0.3 is 0 Å². The molecule has 0 saturated heterocycles. The highest BCUT2D eigenvalue weighted by atomic mass is 16.7. The van der Waals surface area contributed by atoms with Crippen LogP contribution in [0.25, 0.3) is 0 Å². The molecule has 3 aliphatic rings. The van der Waals surface area contributed by atoms with Crippen LogP contribution >= 0.6 is 0 Å². The lowest BCUT2D eigenvalue weighted by Gasteiger charge is -2.28. The highest BCUT2D eigenvalue weighted by Crippen LogP contribution is 2.43. The third-order valence-corrected chi connectivity index (χ3v) is 5.30. The van der Waals surface area contributed by atoms with Crippen LogP contribution in [-0.2, 0) is 16.1 Å². The topological polar surface area (TPSA) is 48.0 Å². The zero-order valence-corrected chi connectivity index (χ0v) is 13.9. The second-order valence-corrected chi connectivity index (χ2v) is 6.94. The first-order valence-corrected chi connectivity index (χ1v) is 8.56.